The summed E-state index contributed by atoms with van der Waals surface area (Å²) >= 11 is 6.06. The molecular weight excluding hydrogens is 240 g/mol. The van der Waals surface area contributed by atoms with Gasteiger partial charge in [0.2, 0.25) is 0 Å². The minimum atomic E-state index is -0.0661. The van der Waals surface area contributed by atoms with Gasteiger partial charge in [-0.15, -0.1) is 0 Å². The molecule has 0 N–H and O–H groups in total. The highest BCUT2D eigenvalue weighted by Crippen LogP contribution is 2.20. The van der Waals surface area contributed by atoms with Crippen LogP contribution in [0.2, 0.25) is 5.15 Å². The second kappa shape index (κ2) is 4.63. The number of hydrogen-bond donors (Lipinski definition) is 0. The Morgan fingerprint density at radius 1 is 1.41 bits per heavy atom. The van der Waals surface area contributed by atoms with Gasteiger partial charge < -0.3 is 0 Å². The molecule has 0 bridgehead atoms. The maximum Gasteiger partial charge on any atom is 0.170 e. The number of hydrogen-bond acceptors (Lipinski definition) is 4. The summed E-state index contributed by atoms with van der Waals surface area (Å²) in [4.78, 5) is 19.6. The number of aryl methyl sites for hydroxylation is 2. The summed E-state index contributed by atoms with van der Waals surface area (Å²) in [6, 6.07) is 0. The number of rotatable bonds is 3. The van der Waals surface area contributed by atoms with Crippen molar-refractivity contribution in [2.24, 2.45) is 7.05 Å². The van der Waals surface area contributed by atoms with Crippen LogP contribution in [-0.2, 0) is 13.5 Å². The highest BCUT2D eigenvalue weighted by atomic mass is 35.5. The highest BCUT2D eigenvalue weighted by molar-refractivity contribution is 6.30. The van der Waals surface area contributed by atoms with E-state index in [-0.39, 0.29) is 12.2 Å². The van der Waals surface area contributed by atoms with E-state index in [0.29, 0.717) is 10.7 Å². The molecule has 17 heavy (non-hydrogen) atoms. The van der Waals surface area contributed by atoms with Crippen LogP contribution in [0.15, 0.2) is 18.7 Å². The molecule has 0 aliphatic carbocycles. The van der Waals surface area contributed by atoms with Crippen LogP contribution in [0.3, 0.4) is 0 Å². The molecule has 0 saturated carbocycles. The molecular formula is C11H11ClN4O. The van der Waals surface area contributed by atoms with Crippen LogP contribution in [-0.4, -0.2) is 25.5 Å². The van der Waals surface area contributed by atoms with Crippen molar-refractivity contribution in [3.8, 4) is 0 Å². The lowest BCUT2D eigenvalue weighted by atomic mass is 10.1. The largest absolute Gasteiger partial charge is 0.294 e. The van der Waals surface area contributed by atoms with Crippen LogP contribution in [0.5, 0.6) is 0 Å². The molecule has 2 aromatic rings. The summed E-state index contributed by atoms with van der Waals surface area (Å²) in [5.74, 6) is -0.0661. The van der Waals surface area contributed by atoms with Gasteiger partial charge in [0.25, 0.3) is 0 Å². The molecule has 2 rings (SSSR count). The minimum Gasteiger partial charge on any atom is -0.294 e. The van der Waals surface area contributed by atoms with Gasteiger partial charge >= 0.3 is 0 Å². The maximum atomic E-state index is 12.0. The zero-order chi connectivity index (χ0) is 12.4. The van der Waals surface area contributed by atoms with Gasteiger partial charge in [-0.25, -0.2) is 9.97 Å². The fourth-order valence-corrected chi connectivity index (χ4v) is 1.82. The molecule has 0 saturated heterocycles. The molecule has 0 fully saturated rings. The molecule has 0 spiro atoms. The van der Waals surface area contributed by atoms with Crippen molar-refractivity contribution in [3.05, 3.63) is 40.7 Å². The molecule has 0 aromatic carbocycles. The summed E-state index contributed by atoms with van der Waals surface area (Å²) in [6.45, 7) is 1.83. The van der Waals surface area contributed by atoms with Crippen LogP contribution in [0, 0.1) is 6.92 Å². The molecule has 0 aliphatic rings. The number of aromatic nitrogens is 4. The van der Waals surface area contributed by atoms with Gasteiger partial charge in [-0.2, -0.15) is 5.10 Å². The first-order valence-corrected chi connectivity index (χ1v) is 5.43. The fourth-order valence-electron chi connectivity index (χ4n) is 1.58. The Morgan fingerprint density at radius 2 is 2.06 bits per heavy atom. The van der Waals surface area contributed by atoms with Crippen molar-refractivity contribution >= 4 is 17.4 Å². The second-order valence-electron chi connectivity index (χ2n) is 3.71. The fraction of sp³-hybridized carbons (Fsp3) is 0.273. The number of nitrogens with zero attached hydrogens (tertiary/aromatic N) is 4. The minimum absolute atomic E-state index is 0.0661. The zero-order valence-corrected chi connectivity index (χ0v) is 10.3. The summed E-state index contributed by atoms with van der Waals surface area (Å²) in [5, 5.41) is 4.65. The second-order valence-corrected chi connectivity index (χ2v) is 4.06. The molecule has 0 atom stereocenters. The third kappa shape index (κ3) is 2.34. The normalized spacial score (nSPS) is 10.5. The summed E-state index contributed by atoms with van der Waals surface area (Å²) < 4.78 is 1.56. The molecule has 2 aromatic heterocycles. The summed E-state index contributed by atoms with van der Waals surface area (Å²) in [7, 11) is 1.74. The molecule has 0 unspecified atom stereocenters. The summed E-state index contributed by atoms with van der Waals surface area (Å²) in [6.07, 6.45) is 4.59. The number of Topliss-reactive ketones (excluding diaryl/α,β-unsaturated/α-hetero) is 1. The Labute approximate surface area is 103 Å². The monoisotopic (exact) mass is 250 g/mol. The van der Waals surface area contributed by atoms with Crippen LogP contribution in [0.1, 0.15) is 21.6 Å². The molecule has 0 radical (unpaired) electrons. The van der Waals surface area contributed by atoms with Gasteiger partial charge in [-0.1, -0.05) is 11.6 Å². The van der Waals surface area contributed by atoms with E-state index in [1.165, 1.54) is 18.7 Å². The topological polar surface area (TPSA) is 60.7 Å². The first-order valence-electron chi connectivity index (χ1n) is 5.05. The van der Waals surface area contributed by atoms with E-state index >= 15 is 0 Å². The van der Waals surface area contributed by atoms with Crippen LogP contribution in [0.25, 0.3) is 0 Å². The molecule has 5 nitrogen and oxygen atoms in total. The van der Waals surface area contributed by atoms with Gasteiger partial charge in [0.1, 0.15) is 11.5 Å². The third-order valence-electron chi connectivity index (χ3n) is 2.49. The molecule has 2 heterocycles. The van der Waals surface area contributed by atoms with Crippen LogP contribution < -0.4 is 0 Å². The summed E-state index contributed by atoms with van der Waals surface area (Å²) in [5.41, 5.74) is 2.00. The molecule has 0 aliphatic heterocycles. The first kappa shape index (κ1) is 11.7. The number of carbonyl (C=O) groups is 1. The van der Waals surface area contributed by atoms with Crippen molar-refractivity contribution < 1.29 is 4.79 Å². The van der Waals surface area contributed by atoms with E-state index in [9.17, 15) is 4.79 Å². The van der Waals surface area contributed by atoms with E-state index < -0.39 is 0 Å². The average Bonchev–Trinajstić information content (AvgIpc) is 2.57. The predicted molar refractivity (Wildman–Crippen MR) is 63.0 cm³/mol. The smallest absolute Gasteiger partial charge is 0.170 e. The van der Waals surface area contributed by atoms with Crippen molar-refractivity contribution in [1.29, 1.82) is 0 Å². The lowest BCUT2D eigenvalue weighted by Crippen LogP contribution is -2.05. The number of halogens is 1. The van der Waals surface area contributed by atoms with E-state index in [2.05, 4.69) is 15.1 Å². The average molecular weight is 251 g/mol. The quantitative estimate of drug-likeness (QED) is 0.777. The van der Waals surface area contributed by atoms with Crippen molar-refractivity contribution in [1.82, 2.24) is 19.7 Å². The Balaban J connectivity index is 2.25. The van der Waals surface area contributed by atoms with Crippen molar-refractivity contribution in [2.75, 3.05) is 0 Å². The predicted octanol–water partition coefficient (Wildman–Crippen LogP) is 1.60. The molecule has 6 heteroatoms. The number of ketones is 1. The van der Waals surface area contributed by atoms with Gasteiger partial charge in [0, 0.05) is 31.4 Å². The lowest BCUT2D eigenvalue weighted by Gasteiger charge is -2.00. The molecule has 88 valence electrons. The van der Waals surface area contributed by atoms with Crippen LogP contribution in [0.4, 0.5) is 0 Å². The van der Waals surface area contributed by atoms with E-state index in [1.54, 1.807) is 11.7 Å². The van der Waals surface area contributed by atoms with Gasteiger partial charge in [0.05, 0.1) is 11.3 Å². The zero-order valence-electron chi connectivity index (χ0n) is 9.51. The first-order chi connectivity index (χ1) is 8.09. The Morgan fingerprint density at radius 3 is 2.59 bits per heavy atom. The Bertz CT molecular complexity index is 550. The highest BCUT2D eigenvalue weighted by Gasteiger charge is 2.16. The Kier molecular flexibility index (Phi) is 3.19. The van der Waals surface area contributed by atoms with Crippen molar-refractivity contribution in [3.63, 3.8) is 0 Å². The van der Waals surface area contributed by atoms with Crippen molar-refractivity contribution in [2.45, 2.75) is 13.3 Å². The van der Waals surface area contributed by atoms with Gasteiger partial charge in [0.15, 0.2) is 5.78 Å². The van der Waals surface area contributed by atoms with E-state index in [4.69, 9.17) is 11.6 Å². The standard InChI is InChI=1S/C11H11ClN4O/c1-7-9(11(12)16(2)15-7)3-10(17)8-4-13-6-14-5-8/h4-6H,3H2,1-2H3. The van der Waals surface area contributed by atoms with E-state index in [1.807, 2.05) is 6.92 Å². The third-order valence-corrected chi connectivity index (χ3v) is 2.96. The van der Waals surface area contributed by atoms with Gasteiger partial charge in [-0.3, -0.25) is 9.48 Å². The Hall–Kier alpha value is -1.75. The number of carbonyl (C=O) groups excluding carboxylic acids is 1. The maximum absolute atomic E-state index is 12.0. The van der Waals surface area contributed by atoms with Crippen LogP contribution >= 0.6 is 11.6 Å². The molecule has 0 amide bonds. The van der Waals surface area contributed by atoms with Gasteiger partial charge in [-0.05, 0) is 6.92 Å². The SMILES string of the molecule is Cc1nn(C)c(Cl)c1CC(=O)c1cncnc1. The lowest BCUT2D eigenvalue weighted by molar-refractivity contribution is 0.0992. The van der Waals surface area contributed by atoms with E-state index in [0.717, 1.165) is 11.3 Å².